The Morgan fingerprint density at radius 1 is 1.18 bits per heavy atom. The molecular weight excluding hydrogens is 302 g/mol. The molecule has 0 spiro atoms. The third-order valence-corrected chi connectivity index (χ3v) is 3.62. The molecule has 0 bridgehead atoms. The second kappa shape index (κ2) is 4.35. The van der Waals surface area contributed by atoms with E-state index in [1.165, 1.54) is 0 Å². The SMILES string of the molecule is Clc1nc(-c2ccc(Br)cn2)nc2c1CCC2. The quantitative estimate of drug-likeness (QED) is 0.757. The summed E-state index contributed by atoms with van der Waals surface area (Å²) in [7, 11) is 0. The molecule has 5 heteroatoms. The van der Waals surface area contributed by atoms with Crippen molar-refractivity contribution in [1.29, 1.82) is 0 Å². The molecule has 0 aromatic carbocycles. The van der Waals surface area contributed by atoms with E-state index < -0.39 is 0 Å². The van der Waals surface area contributed by atoms with Gasteiger partial charge in [0.2, 0.25) is 0 Å². The number of halogens is 2. The van der Waals surface area contributed by atoms with Gasteiger partial charge in [0.25, 0.3) is 0 Å². The van der Waals surface area contributed by atoms with Crippen molar-refractivity contribution < 1.29 is 0 Å². The number of aromatic nitrogens is 3. The minimum atomic E-state index is 0.576. The second-order valence-corrected chi connectivity index (χ2v) is 5.25. The lowest BCUT2D eigenvalue weighted by Crippen LogP contribution is -1.98. The van der Waals surface area contributed by atoms with E-state index in [2.05, 4.69) is 30.9 Å². The van der Waals surface area contributed by atoms with Crippen LogP contribution in [0.25, 0.3) is 11.5 Å². The molecular formula is C12H9BrClN3. The summed E-state index contributed by atoms with van der Waals surface area (Å²) < 4.78 is 0.938. The molecule has 1 aliphatic carbocycles. The molecule has 0 saturated heterocycles. The molecule has 3 rings (SSSR count). The molecule has 0 saturated carbocycles. The molecule has 2 aromatic heterocycles. The van der Waals surface area contributed by atoms with Crippen molar-refractivity contribution in [2.24, 2.45) is 0 Å². The van der Waals surface area contributed by atoms with Crippen LogP contribution < -0.4 is 0 Å². The van der Waals surface area contributed by atoms with Crippen LogP contribution in [0.2, 0.25) is 5.15 Å². The topological polar surface area (TPSA) is 38.7 Å². The maximum atomic E-state index is 6.17. The average molecular weight is 311 g/mol. The minimum Gasteiger partial charge on any atom is -0.252 e. The van der Waals surface area contributed by atoms with E-state index in [0.29, 0.717) is 11.0 Å². The van der Waals surface area contributed by atoms with Gasteiger partial charge in [0.05, 0.1) is 0 Å². The van der Waals surface area contributed by atoms with Crippen LogP contribution in [0.5, 0.6) is 0 Å². The Hall–Kier alpha value is -1.00. The first-order valence-electron chi connectivity index (χ1n) is 5.41. The maximum absolute atomic E-state index is 6.17. The fourth-order valence-corrected chi connectivity index (χ4v) is 2.53. The molecule has 0 atom stereocenters. The smallest absolute Gasteiger partial charge is 0.179 e. The summed E-state index contributed by atoms with van der Waals surface area (Å²) in [6, 6.07) is 3.81. The van der Waals surface area contributed by atoms with Crippen LogP contribution in [0, 0.1) is 0 Å². The maximum Gasteiger partial charge on any atom is 0.179 e. The zero-order valence-electron chi connectivity index (χ0n) is 8.95. The van der Waals surface area contributed by atoms with Crippen LogP contribution in [-0.2, 0) is 12.8 Å². The Labute approximate surface area is 112 Å². The first-order valence-corrected chi connectivity index (χ1v) is 6.58. The number of pyridine rings is 1. The largest absolute Gasteiger partial charge is 0.252 e. The van der Waals surface area contributed by atoms with Crippen molar-refractivity contribution in [3.63, 3.8) is 0 Å². The highest BCUT2D eigenvalue weighted by Gasteiger charge is 2.18. The third-order valence-electron chi connectivity index (χ3n) is 2.84. The predicted molar refractivity (Wildman–Crippen MR) is 70.0 cm³/mol. The molecule has 86 valence electrons. The van der Waals surface area contributed by atoms with E-state index in [1.54, 1.807) is 6.20 Å². The summed E-state index contributed by atoms with van der Waals surface area (Å²) in [5.74, 6) is 0.614. The standard InChI is InChI=1S/C12H9BrClN3/c13-7-4-5-10(15-6-7)12-16-9-3-1-2-8(9)11(14)17-12/h4-6H,1-3H2. The molecule has 0 amide bonds. The van der Waals surface area contributed by atoms with Crippen molar-refractivity contribution in [2.75, 3.05) is 0 Å². The third kappa shape index (κ3) is 2.07. The summed E-state index contributed by atoms with van der Waals surface area (Å²) in [6.07, 6.45) is 4.82. The molecule has 0 unspecified atom stereocenters. The highest BCUT2D eigenvalue weighted by atomic mass is 79.9. The van der Waals surface area contributed by atoms with E-state index in [1.807, 2.05) is 12.1 Å². The fraction of sp³-hybridized carbons (Fsp3) is 0.250. The summed E-state index contributed by atoms with van der Waals surface area (Å²) in [4.78, 5) is 13.1. The number of fused-ring (bicyclic) bond motifs is 1. The van der Waals surface area contributed by atoms with E-state index in [9.17, 15) is 0 Å². The summed E-state index contributed by atoms with van der Waals surface area (Å²) >= 11 is 9.52. The zero-order chi connectivity index (χ0) is 11.8. The Bertz CT molecular complexity index is 569. The molecule has 1 aliphatic rings. The van der Waals surface area contributed by atoms with Crippen LogP contribution in [0.3, 0.4) is 0 Å². The van der Waals surface area contributed by atoms with Gasteiger partial charge in [-0.2, -0.15) is 0 Å². The fourth-order valence-electron chi connectivity index (χ4n) is 2.01. The molecule has 2 heterocycles. The van der Waals surface area contributed by atoms with Crippen molar-refractivity contribution >= 4 is 27.5 Å². The highest BCUT2D eigenvalue weighted by Crippen LogP contribution is 2.28. The number of rotatable bonds is 1. The van der Waals surface area contributed by atoms with Gasteiger partial charge in [-0.1, -0.05) is 11.6 Å². The van der Waals surface area contributed by atoms with Crippen LogP contribution in [0.1, 0.15) is 17.7 Å². The zero-order valence-corrected chi connectivity index (χ0v) is 11.3. The minimum absolute atomic E-state index is 0.576. The van der Waals surface area contributed by atoms with Gasteiger partial charge in [-0.3, -0.25) is 4.98 Å². The number of nitrogens with zero attached hydrogens (tertiary/aromatic N) is 3. The van der Waals surface area contributed by atoms with E-state index in [0.717, 1.165) is 40.7 Å². The van der Waals surface area contributed by atoms with Crippen molar-refractivity contribution in [3.8, 4) is 11.5 Å². The lowest BCUT2D eigenvalue weighted by molar-refractivity contribution is 0.899. The van der Waals surface area contributed by atoms with Gasteiger partial charge >= 0.3 is 0 Å². The lowest BCUT2D eigenvalue weighted by atomic mass is 10.2. The lowest BCUT2D eigenvalue weighted by Gasteiger charge is -2.04. The average Bonchev–Trinajstić information content (AvgIpc) is 2.78. The molecule has 0 radical (unpaired) electrons. The summed E-state index contributed by atoms with van der Waals surface area (Å²) in [6.45, 7) is 0. The van der Waals surface area contributed by atoms with Crippen molar-refractivity contribution in [2.45, 2.75) is 19.3 Å². The van der Waals surface area contributed by atoms with Crippen LogP contribution in [-0.4, -0.2) is 15.0 Å². The van der Waals surface area contributed by atoms with Gasteiger partial charge in [-0.25, -0.2) is 9.97 Å². The normalized spacial score (nSPS) is 13.8. The second-order valence-electron chi connectivity index (χ2n) is 3.98. The van der Waals surface area contributed by atoms with Crippen LogP contribution in [0.4, 0.5) is 0 Å². The first kappa shape index (κ1) is 11.1. The van der Waals surface area contributed by atoms with Gasteiger partial charge in [0.1, 0.15) is 10.8 Å². The number of hydrogen-bond acceptors (Lipinski definition) is 3. The van der Waals surface area contributed by atoms with Gasteiger partial charge in [-0.15, -0.1) is 0 Å². The summed E-state index contributed by atoms with van der Waals surface area (Å²) in [5, 5.41) is 0.576. The van der Waals surface area contributed by atoms with E-state index >= 15 is 0 Å². The first-order chi connectivity index (χ1) is 8.24. The summed E-state index contributed by atoms with van der Waals surface area (Å²) in [5.41, 5.74) is 2.93. The van der Waals surface area contributed by atoms with Gasteiger partial charge in [0, 0.05) is 21.9 Å². The predicted octanol–water partition coefficient (Wildman–Crippen LogP) is 3.44. The van der Waals surface area contributed by atoms with Crippen molar-refractivity contribution in [1.82, 2.24) is 15.0 Å². The Balaban J connectivity index is 2.10. The highest BCUT2D eigenvalue weighted by molar-refractivity contribution is 9.10. The van der Waals surface area contributed by atoms with Crippen molar-refractivity contribution in [3.05, 3.63) is 39.2 Å². The molecule has 0 N–H and O–H groups in total. The van der Waals surface area contributed by atoms with Crippen LogP contribution >= 0.6 is 27.5 Å². The van der Waals surface area contributed by atoms with E-state index in [4.69, 9.17) is 11.6 Å². The number of aryl methyl sites for hydroxylation is 1. The van der Waals surface area contributed by atoms with Gasteiger partial charge in [0.15, 0.2) is 5.82 Å². The Morgan fingerprint density at radius 2 is 2.06 bits per heavy atom. The molecule has 2 aromatic rings. The Kier molecular flexibility index (Phi) is 2.84. The molecule has 3 nitrogen and oxygen atoms in total. The molecule has 0 fully saturated rings. The van der Waals surface area contributed by atoms with Crippen LogP contribution in [0.15, 0.2) is 22.8 Å². The molecule has 17 heavy (non-hydrogen) atoms. The van der Waals surface area contributed by atoms with E-state index in [-0.39, 0.29) is 0 Å². The molecule has 0 aliphatic heterocycles. The monoisotopic (exact) mass is 309 g/mol. The number of hydrogen-bond donors (Lipinski definition) is 0. The Morgan fingerprint density at radius 3 is 2.82 bits per heavy atom. The van der Waals surface area contributed by atoms with Gasteiger partial charge in [-0.05, 0) is 47.3 Å². The van der Waals surface area contributed by atoms with Gasteiger partial charge < -0.3 is 0 Å².